The van der Waals surface area contributed by atoms with Crippen LogP contribution in [0.4, 0.5) is 0 Å². The number of rotatable bonds is 7. The Labute approximate surface area is 165 Å². The normalized spacial score (nSPS) is 16.6. The lowest BCUT2D eigenvalue weighted by Crippen LogP contribution is -2.13. The first-order valence-corrected chi connectivity index (χ1v) is 10.0. The number of hydrogen-bond acceptors (Lipinski definition) is 6. The van der Waals surface area contributed by atoms with Crippen molar-refractivity contribution in [2.75, 3.05) is 13.2 Å². The van der Waals surface area contributed by atoms with E-state index < -0.39 is 0 Å². The number of nitrogens with zero attached hydrogens (tertiary/aromatic N) is 6. The second-order valence-corrected chi connectivity index (χ2v) is 7.21. The molecule has 4 heterocycles. The molecule has 0 aromatic carbocycles. The Bertz CT molecular complexity index is 918. The van der Waals surface area contributed by atoms with Crippen LogP contribution in [0.15, 0.2) is 30.7 Å². The van der Waals surface area contributed by atoms with Crippen LogP contribution in [0.3, 0.4) is 0 Å². The summed E-state index contributed by atoms with van der Waals surface area (Å²) >= 11 is 0. The highest BCUT2D eigenvalue weighted by Crippen LogP contribution is 2.28. The summed E-state index contributed by atoms with van der Waals surface area (Å²) in [6.07, 6.45) is 10.7. The lowest BCUT2D eigenvalue weighted by Gasteiger charge is -2.12. The lowest BCUT2D eigenvalue weighted by molar-refractivity contribution is 0.184. The number of aromatic nitrogens is 6. The van der Waals surface area contributed by atoms with Gasteiger partial charge in [-0.25, -0.2) is 19.6 Å². The van der Waals surface area contributed by atoms with Crippen molar-refractivity contribution in [2.24, 2.45) is 0 Å². The molecule has 0 amide bonds. The monoisotopic (exact) mass is 378 g/mol. The fraction of sp³-hybridized carbons (Fsp3) is 0.476. The molecule has 28 heavy (non-hydrogen) atoms. The first kappa shape index (κ1) is 18.7. The molecular formula is C21H26N6O. The third-order valence-electron chi connectivity index (χ3n) is 5.07. The van der Waals surface area contributed by atoms with Gasteiger partial charge in [0.1, 0.15) is 0 Å². The van der Waals surface area contributed by atoms with Gasteiger partial charge in [-0.15, -0.1) is 0 Å². The molecule has 0 saturated carbocycles. The topological polar surface area (TPSA) is 78.6 Å². The molecule has 0 N–H and O–H groups in total. The highest BCUT2D eigenvalue weighted by molar-refractivity contribution is 5.61. The Morgan fingerprint density at radius 1 is 1.21 bits per heavy atom. The molecule has 7 nitrogen and oxygen atoms in total. The second-order valence-electron chi connectivity index (χ2n) is 7.21. The van der Waals surface area contributed by atoms with E-state index >= 15 is 0 Å². The minimum Gasteiger partial charge on any atom is -0.379 e. The van der Waals surface area contributed by atoms with E-state index in [9.17, 15) is 0 Å². The molecule has 1 saturated heterocycles. The molecule has 146 valence electrons. The Morgan fingerprint density at radius 3 is 2.86 bits per heavy atom. The molecule has 0 radical (unpaired) electrons. The van der Waals surface area contributed by atoms with Crippen LogP contribution in [0.25, 0.3) is 22.8 Å². The highest BCUT2D eigenvalue weighted by Gasteiger charge is 2.25. The van der Waals surface area contributed by atoms with Crippen LogP contribution in [0.1, 0.15) is 50.2 Å². The van der Waals surface area contributed by atoms with Gasteiger partial charge in [0.25, 0.3) is 0 Å². The summed E-state index contributed by atoms with van der Waals surface area (Å²) in [6, 6.07) is 4.08. The first-order valence-electron chi connectivity index (χ1n) is 10.0. The third kappa shape index (κ3) is 3.94. The number of pyridine rings is 1. The molecule has 4 rings (SSSR count). The zero-order chi connectivity index (χ0) is 19.3. The first-order chi connectivity index (χ1) is 13.8. The minimum atomic E-state index is 0.222. The smallest absolute Gasteiger partial charge is 0.162 e. The fourth-order valence-electron chi connectivity index (χ4n) is 3.48. The van der Waals surface area contributed by atoms with Crippen molar-refractivity contribution in [3.05, 3.63) is 42.2 Å². The van der Waals surface area contributed by atoms with Crippen LogP contribution >= 0.6 is 0 Å². The number of ether oxygens (including phenoxy) is 1. The van der Waals surface area contributed by atoms with Gasteiger partial charge in [-0.05, 0) is 31.9 Å². The van der Waals surface area contributed by atoms with E-state index in [0.29, 0.717) is 12.4 Å². The summed E-state index contributed by atoms with van der Waals surface area (Å²) in [7, 11) is 0. The van der Waals surface area contributed by atoms with E-state index in [1.165, 1.54) is 12.8 Å². The molecule has 0 aliphatic carbocycles. The van der Waals surface area contributed by atoms with Gasteiger partial charge in [-0.2, -0.15) is 5.10 Å². The number of unbranched alkanes of at least 4 members (excludes halogenated alkanes) is 2. The maximum absolute atomic E-state index is 5.59. The minimum absolute atomic E-state index is 0.222. The average molecular weight is 378 g/mol. The summed E-state index contributed by atoms with van der Waals surface area (Å²) in [5, 5.41) is 4.82. The fourth-order valence-corrected chi connectivity index (χ4v) is 3.48. The van der Waals surface area contributed by atoms with Crippen LogP contribution in [0.2, 0.25) is 0 Å². The van der Waals surface area contributed by atoms with Gasteiger partial charge in [0.05, 0.1) is 23.9 Å². The van der Waals surface area contributed by atoms with E-state index in [1.807, 2.05) is 29.9 Å². The van der Waals surface area contributed by atoms with Crippen molar-refractivity contribution < 1.29 is 4.74 Å². The van der Waals surface area contributed by atoms with E-state index in [-0.39, 0.29) is 6.04 Å². The van der Waals surface area contributed by atoms with Gasteiger partial charge in [-0.1, -0.05) is 19.8 Å². The van der Waals surface area contributed by atoms with Gasteiger partial charge < -0.3 is 4.74 Å². The molecule has 1 aliphatic rings. The molecule has 1 aliphatic heterocycles. The lowest BCUT2D eigenvalue weighted by atomic mass is 10.2. The molecule has 1 unspecified atom stereocenters. The van der Waals surface area contributed by atoms with E-state index in [2.05, 4.69) is 16.9 Å². The molecule has 0 spiro atoms. The molecule has 3 aromatic heterocycles. The zero-order valence-electron chi connectivity index (χ0n) is 16.5. The van der Waals surface area contributed by atoms with Gasteiger partial charge in [0.15, 0.2) is 17.5 Å². The van der Waals surface area contributed by atoms with Crippen LogP contribution in [0, 0.1) is 6.92 Å². The highest BCUT2D eigenvalue weighted by atomic mass is 16.5. The predicted octanol–water partition coefficient (Wildman–Crippen LogP) is 3.80. The maximum Gasteiger partial charge on any atom is 0.162 e. The van der Waals surface area contributed by atoms with Crippen molar-refractivity contribution in [2.45, 2.75) is 52.0 Å². The molecule has 3 aromatic rings. The van der Waals surface area contributed by atoms with Gasteiger partial charge in [0.2, 0.25) is 0 Å². The molecule has 0 bridgehead atoms. The summed E-state index contributed by atoms with van der Waals surface area (Å²) in [4.78, 5) is 18.3. The third-order valence-corrected chi connectivity index (χ3v) is 5.07. The van der Waals surface area contributed by atoms with Crippen LogP contribution in [0.5, 0.6) is 0 Å². The van der Waals surface area contributed by atoms with Crippen LogP contribution in [-0.2, 0) is 11.2 Å². The van der Waals surface area contributed by atoms with E-state index in [0.717, 1.165) is 54.3 Å². The van der Waals surface area contributed by atoms with Crippen molar-refractivity contribution in [1.82, 2.24) is 29.7 Å². The summed E-state index contributed by atoms with van der Waals surface area (Å²) in [6.45, 7) is 5.65. The Hall–Kier alpha value is -2.67. The predicted molar refractivity (Wildman–Crippen MR) is 107 cm³/mol. The molecule has 1 atom stereocenters. The van der Waals surface area contributed by atoms with Gasteiger partial charge in [-0.3, -0.25) is 4.98 Å². The van der Waals surface area contributed by atoms with E-state index in [4.69, 9.17) is 19.8 Å². The van der Waals surface area contributed by atoms with Crippen LogP contribution in [-0.4, -0.2) is 42.9 Å². The average Bonchev–Trinajstić information content (AvgIpc) is 3.38. The maximum atomic E-state index is 5.59. The Kier molecular flexibility index (Phi) is 5.71. The standard InChI is InChI=1S/C21H26N6O/c1-3-4-5-8-19-25-21(27(26-19)17-9-11-28-14-17)18-13-23-20(24-15(18)2)16-7-6-10-22-12-16/h6-7,10,12-13,17H,3-5,8-9,11,14H2,1-2H3. The van der Waals surface area contributed by atoms with Gasteiger partial charge >= 0.3 is 0 Å². The molecule has 7 heteroatoms. The Morgan fingerprint density at radius 2 is 2.14 bits per heavy atom. The van der Waals surface area contributed by atoms with Crippen molar-refractivity contribution in [3.63, 3.8) is 0 Å². The molecular weight excluding hydrogens is 352 g/mol. The molecule has 1 fully saturated rings. The Balaban J connectivity index is 1.68. The summed E-state index contributed by atoms with van der Waals surface area (Å²) in [5.41, 5.74) is 2.72. The van der Waals surface area contributed by atoms with Crippen LogP contribution < -0.4 is 0 Å². The van der Waals surface area contributed by atoms with Gasteiger partial charge in [0, 0.05) is 37.2 Å². The van der Waals surface area contributed by atoms with Crippen molar-refractivity contribution in [3.8, 4) is 22.8 Å². The largest absolute Gasteiger partial charge is 0.379 e. The van der Waals surface area contributed by atoms with Crippen molar-refractivity contribution in [1.29, 1.82) is 0 Å². The zero-order valence-corrected chi connectivity index (χ0v) is 16.5. The SMILES string of the molecule is CCCCCc1nc(-c2cnc(-c3cccnc3)nc2C)n(C2CCOC2)n1. The second kappa shape index (κ2) is 8.56. The summed E-state index contributed by atoms with van der Waals surface area (Å²) < 4.78 is 7.62. The van der Waals surface area contributed by atoms with Crippen molar-refractivity contribution >= 4 is 0 Å². The summed E-state index contributed by atoms with van der Waals surface area (Å²) in [5.74, 6) is 2.41. The van der Waals surface area contributed by atoms with E-state index in [1.54, 1.807) is 12.4 Å². The quantitative estimate of drug-likeness (QED) is 0.582. The number of hydrogen-bond donors (Lipinski definition) is 0. The number of aryl methyl sites for hydroxylation is 2.